The summed E-state index contributed by atoms with van der Waals surface area (Å²) in [4.78, 5) is 0.586. The highest BCUT2D eigenvalue weighted by atomic mass is 32.2. The molecule has 3 nitrogen and oxygen atoms in total. The van der Waals surface area contributed by atoms with E-state index in [9.17, 15) is 9.50 Å². The molecule has 1 heterocycles. The van der Waals surface area contributed by atoms with Crippen molar-refractivity contribution in [1.82, 2.24) is 9.78 Å². The van der Waals surface area contributed by atoms with Crippen molar-refractivity contribution in [1.29, 1.82) is 0 Å². The van der Waals surface area contributed by atoms with Gasteiger partial charge in [-0.05, 0) is 30.5 Å². The van der Waals surface area contributed by atoms with Crippen LogP contribution in [0.2, 0.25) is 0 Å². The molecule has 0 aliphatic carbocycles. The van der Waals surface area contributed by atoms with Crippen LogP contribution < -0.4 is 0 Å². The van der Waals surface area contributed by atoms with Gasteiger partial charge in [0.2, 0.25) is 0 Å². The Hall–Kier alpha value is -1.33. The number of aryl methyl sites for hydroxylation is 2. The average molecular weight is 280 g/mol. The first-order valence-electron chi connectivity index (χ1n) is 6.18. The van der Waals surface area contributed by atoms with E-state index in [4.69, 9.17) is 0 Å². The van der Waals surface area contributed by atoms with E-state index in [2.05, 4.69) is 5.10 Å². The quantitative estimate of drug-likeness (QED) is 0.827. The monoisotopic (exact) mass is 280 g/mol. The Labute approximate surface area is 116 Å². The number of hydrogen-bond acceptors (Lipinski definition) is 3. The molecule has 1 unspecified atom stereocenters. The molecule has 102 valence electrons. The van der Waals surface area contributed by atoms with Gasteiger partial charge in [-0.2, -0.15) is 5.10 Å². The number of aliphatic hydroxyl groups excluding tert-OH is 1. The lowest BCUT2D eigenvalue weighted by molar-refractivity contribution is 0.189. The predicted molar refractivity (Wildman–Crippen MR) is 74.7 cm³/mol. The molecule has 5 heteroatoms. The molecule has 1 aromatic carbocycles. The van der Waals surface area contributed by atoms with Crippen LogP contribution in [-0.4, -0.2) is 26.7 Å². The molecule has 0 saturated heterocycles. The number of halogens is 1. The zero-order chi connectivity index (χ0) is 13.7. The first-order valence-corrected chi connectivity index (χ1v) is 7.16. The summed E-state index contributed by atoms with van der Waals surface area (Å²) < 4.78 is 15.1. The van der Waals surface area contributed by atoms with E-state index in [1.165, 1.54) is 17.8 Å². The molecule has 0 fully saturated rings. The zero-order valence-electron chi connectivity index (χ0n) is 10.8. The van der Waals surface area contributed by atoms with Gasteiger partial charge in [0.25, 0.3) is 0 Å². The summed E-state index contributed by atoms with van der Waals surface area (Å²) >= 11 is 1.35. The maximum atomic E-state index is 13.4. The van der Waals surface area contributed by atoms with Gasteiger partial charge in [0.15, 0.2) is 0 Å². The minimum atomic E-state index is -0.440. The summed E-state index contributed by atoms with van der Waals surface area (Å²) in [7, 11) is 1.87. The smallest absolute Gasteiger partial charge is 0.136 e. The Balaban J connectivity index is 1.76. The maximum Gasteiger partial charge on any atom is 0.136 e. The Kier molecular flexibility index (Phi) is 4.99. The highest BCUT2D eigenvalue weighted by Crippen LogP contribution is 2.22. The topological polar surface area (TPSA) is 38.0 Å². The molecule has 1 atom stereocenters. The second-order valence-electron chi connectivity index (χ2n) is 4.46. The molecule has 0 radical (unpaired) electrons. The van der Waals surface area contributed by atoms with Crippen molar-refractivity contribution in [2.24, 2.45) is 7.05 Å². The number of nitrogens with zero attached hydrogens (tertiary/aromatic N) is 2. The van der Waals surface area contributed by atoms with Crippen molar-refractivity contribution in [3.63, 3.8) is 0 Å². The number of aromatic nitrogens is 2. The summed E-state index contributed by atoms with van der Waals surface area (Å²) in [6.45, 7) is 0. The third-order valence-corrected chi connectivity index (χ3v) is 3.99. The van der Waals surface area contributed by atoms with Gasteiger partial charge in [-0.1, -0.05) is 12.1 Å². The van der Waals surface area contributed by atoms with Gasteiger partial charge in [0, 0.05) is 23.9 Å². The lowest BCUT2D eigenvalue weighted by atomic mass is 10.1. The van der Waals surface area contributed by atoms with Crippen molar-refractivity contribution in [2.75, 3.05) is 5.75 Å². The standard InChI is InChI=1S/C14H17FN2OS/c1-17-9-11(8-16-17)6-7-12(18)10-19-14-5-3-2-4-13(14)15/h2-5,8-9,12,18H,6-7,10H2,1H3. The van der Waals surface area contributed by atoms with Gasteiger partial charge in [-0.3, -0.25) is 4.68 Å². The van der Waals surface area contributed by atoms with Gasteiger partial charge < -0.3 is 5.11 Å². The molecule has 19 heavy (non-hydrogen) atoms. The summed E-state index contributed by atoms with van der Waals surface area (Å²) in [5.41, 5.74) is 1.11. The van der Waals surface area contributed by atoms with Crippen LogP contribution in [0.3, 0.4) is 0 Å². The second-order valence-corrected chi connectivity index (χ2v) is 5.52. The van der Waals surface area contributed by atoms with Crippen LogP contribution in [0.4, 0.5) is 4.39 Å². The normalized spacial score (nSPS) is 12.6. The first kappa shape index (κ1) is 14.1. The second kappa shape index (κ2) is 6.73. The number of benzene rings is 1. The largest absolute Gasteiger partial charge is 0.392 e. The predicted octanol–water partition coefficient (Wildman–Crippen LogP) is 2.65. The van der Waals surface area contributed by atoms with Gasteiger partial charge in [0.1, 0.15) is 5.82 Å². The van der Waals surface area contributed by atoms with Crippen LogP contribution in [0, 0.1) is 5.82 Å². The van der Waals surface area contributed by atoms with Crippen LogP contribution in [0.15, 0.2) is 41.6 Å². The van der Waals surface area contributed by atoms with E-state index in [1.807, 2.05) is 13.2 Å². The summed E-state index contributed by atoms with van der Waals surface area (Å²) in [6.07, 6.45) is 4.75. The lowest BCUT2D eigenvalue weighted by Crippen LogP contribution is -2.11. The molecule has 1 N–H and O–H groups in total. The van der Waals surface area contributed by atoms with Crippen LogP contribution >= 0.6 is 11.8 Å². The van der Waals surface area contributed by atoms with Crippen LogP contribution in [-0.2, 0) is 13.5 Å². The Morgan fingerprint density at radius 1 is 1.42 bits per heavy atom. The van der Waals surface area contributed by atoms with Crippen molar-refractivity contribution in [3.05, 3.63) is 48.0 Å². The molecule has 2 aromatic rings. The molecule has 0 spiro atoms. The number of rotatable bonds is 6. The molecule has 0 bridgehead atoms. The van der Waals surface area contributed by atoms with Gasteiger partial charge in [-0.25, -0.2) is 4.39 Å². The summed E-state index contributed by atoms with van der Waals surface area (Å²) in [6, 6.07) is 6.63. The lowest BCUT2D eigenvalue weighted by Gasteiger charge is -2.09. The van der Waals surface area contributed by atoms with Gasteiger partial charge in [-0.15, -0.1) is 11.8 Å². The van der Waals surface area contributed by atoms with Crippen molar-refractivity contribution in [3.8, 4) is 0 Å². The Bertz CT molecular complexity index is 530. The molecule has 0 aliphatic heterocycles. The third kappa shape index (κ3) is 4.36. The fraction of sp³-hybridized carbons (Fsp3) is 0.357. The van der Waals surface area contributed by atoms with Crippen molar-refractivity contribution >= 4 is 11.8 Å². The van der Waals surface area contributed by atoms with Crippen molar-refractivity contribution in [2.45, 2.75) is 23.8 Å². The molecular weight excluding hydrogens is 263 g/mol. The zero-order valence-corrected chi connectivity index (χ0v) is 11.6. The molecule has 0 saturated carbocycles. The molecule has 2 rings (SSSR count). The minimum Gasteiger partial charge on any atom is -0.392 e. The van der Waals surface area contributed by atoms with Gasteiger partial charge in [0.05, 0.1) is 12.3 Å². The van der Waals surface area contributed by atoms with Crippen LogP contribution in [0.5, 0.6) is 0 Å². The number of hydrogen-bond donors (Lipinski definition) is 1. The SMILES string of the molecule is Cn1cc(CCC(O)CSc2ccccc2F)cn1. The van der Waals surface area contributed by atoms with E-state index in [1.54, 1.807) is 29.1 Å². The maximum absolute atomic E-state index is 13.4. The third-order valence-electron chi connectivity index (χ3n) is 2.79. The summed E-state index contributed by atoms with van der Waals surface area (Å²) in [5.74, 6) is 0.272. The molecular formula is C14H17FN2OS. The Morgan fingerprint density at radius 3 is 2.89 bits per heavy atom. The van der Waals surface area contributed by atoms with Crippen LogP contribution in [0.25, 0.3) is 0 Å². The highest BCUT2D eigenvalue weighted by Gasteiger charge is 2.08. The first-order chi connectivity index (χ1) is 9.15. The fourth-order valence-electron chi connectivity index (χ4n) is 1.77. The minimum absolute atomic E-state index is 0.230. The molecule has 0 amide bonds. The highest BCUT2D eigenvalue weighted by molar-refractivity contribution is 7.99. The van der Waals surface area contributed by atoms with Crippen LogP contribution in [0.1, 0.15) is 12.0 Å². The van der Waals surface area contributed by atoms with E-state index in [0.717, 1.165) is 12.0 Å². The number of aliphatic hydroxyl groups is 1. The van der Waals surface area contributed by atoms with E-state index in [0.29, 0.717) is 17.1 Å². The molecule has 0 aliphatic rings. The molecule has 1 aromatic heterocycles. The summed E-state index contributed by atoms with van der Waals surface area (Å²) in [5, 5.41) is 14.0. The van der Waals surface area contributed by atoms with E-state index >= 15 is 0 Å². The van der Waals surface area contributed by atoms with E-state index in [-0.39, 0.29) is 5.82 Å². The average Bonchev–Trinajstić information content (AvgIpc) is 2.81. The Morgan fingerprint density at radius 2 is 2.21 bits per heavy atom. The fourth-order valence-corrected chi connectivity index (χ4v) is 2.68. The van der Waals surface area contributed by atoms with E-state index < -0.39 is 6.10 Å². The van der Waals surface area contributed by atoms with Crippen molar-refractivity contribution < 1.29 is 9.50 Å². The number of thioether (sulfide) groups is 1. The van der Waals surface area contributed by atoms with Gasteiger partial charge >= 0.3 is 0 Å².